The van der Waals surface area contributed by atoms with Crippen molar-refractivity contribution in [3.05, 3.63) is 0 Å². The number of unbranched alkanes of at least 4 members (excludes halogenated alkanes) is 2. The normalized spacial score (nSPS) is 17.2. The maximum absolute atomic E-state index is 12.1. The molecule has 1 atom stereocenters. The minimum Gasteiger partial charge on any atom is -0.466 e. The number of hydrogen-bond donors (Lipinski definition) is 2. The van der Waals surface area contributed by atoms with Crippen LogP contribution in [-0.2, 0) is 19.1 Å². The van der Waals surface area contributed by atoms with Crippen molar-refractivity contribution in [2.75, 3.05) is 19.7 Å². The quantitative estimate of drug-likeness (QED) is 0.384. The highest BCUT2D eigenvalue weighted by Crippen LogP contribution is 2.11. The van der Waals surface area contributed by atoms with Crippen molar-refractivity contribution < 1.29 is 19.1 Å². The van der Waals surface area contributed by atoms with Gasteiger partial charge in [0.05, 0.1) is 13.0 Å². The van der Waals surface area contributed by atoms with E-state index in [0.717, 1.165) is 25.7 Å². The van der Waals surface area contributed by atoms with Crippen LogP contribution in [-0.4, -0.2) is 53.5 Å². The summed E-state index contributed by atoms with van der Waals surface area (Å²) in [6.45, 7) is 5.16. The molecule has 0 aromatic heterocycles. The van der Waals surface area contributed by atoms with Crippen molar-refractivity contribution in [1.82, 2.24) is 15.5 Å². The number of ether oxygens (including phenoxy) is 1. The Morgan fingerprint density at radius 2 is 2.08 bits per heavy atom. The van der Waals surface area contributed by atoms with Gasteiger partial charge < -0.3 is 20.3 Å². The topological polar surface area (TPSA) is 87.7 Å². The molecule has 0 bridgehead atoms. The Morgan fingerprint density at radius 1 is 1.33 bits per heavy atom. The van der Waals surface area contributed by atoms with E-state index in [9.17, 15) is 14.4 Å². The molecule has 0 aromatic rings. The largest absolute Gasteiger partial charge is 0.466 e. The van der Waals surface area contributed by atoms with E-state index in [-0.39, 0.29) is 23.3 Å². The molecule has 136 valence electrons. The van der Waals surface area contributed by atoms with Crippen LogP contribution in [0.1, 0.15) is 52.4 Å². The molecule has 1 heterocycles. The molecule has 1 saturated heterocycles. The zero-order chi connectivity index (χ0) is 17.9. The Balaban J connectivity index is 2.60. The van der Waals surface area contributed by atoms with E-state index >= 15 is 0 Å². The molecule has 1 unspecified atom stereocenters. The van der Waals surface area contributed by atoms with E-state index in [4.69, 9.17) is 17.0 Å². The van der Waals surface area contributed by atoms with Crippen molar-refractivity contribution in [3.8, 4) is 0 Å². The summed E-state index contributed by atoms with van der Waals surface area (Å²) in [6, 6.07) is -0.744. The van der Waals surface area contributed by atoms with E-state index in [2.05, 4.69) is 17.6 Å². The number of thiocarbonyl (C=S) groups is 1. The second kappa shape index (κ2) is 11.0. The molecule has 1 fully saturated rings. The van der Waals surface area contributed by atoms with Gasteiger partial charge in [-0.3, -0.25) is 14.4 Å². The lowest BCUT2D eigenvalue weighted by molar-refractivity contribution is -0.147. The lowest BCUT2D eigenvalue weighted by Crippen LogP contribution is -2.60. The summed E-state index contributed by atoms with van der Waals surface area (Å²) in [5.74, 6) is -0.884. The zero-order valence-electron chi connectivity index (χ0n) is 14.4. The minimum absolute atomic E-state index is 0.0856. The first kappa shape index (κ1) is 20.3. The Kier molecular flexibility index (Phi) is 9.29. The van der Waals surface area contributed by atoms with Gasteiger partial charge in [0.15, 0.2) is 5.11 Å². The van der Waals surface area contributed by atoms with Gasteiger partial charge in [0.1, 0.15) is 6.04 Å². The van der Waals surface area contributed by atoms with Gasteiger partial charge in [-0.1, -0.05) is 26.7 Å². The predicted molar refractivity (Wildman–Crippen MR) is 94.3 cm³/mol. The lowest BCUT2D eigenvalue weighted by atomic mass is 10.1. The summed E-state index contributed by atoms with van der Waals surface area (Å²) in [7, 11) is 0. The highest BCUT2D eigenvalue weighted by Gasteiger charge is 2.34. The van der Waals surface area contributed by atoms with Crippen LogP contribution in [0.2, 0.25) is 0 Å². The van der Waals surface area contributed by atoms with E-state index in [1.54, 1.807) is 4.90 Å². The van der Waals surface area contributed by atoms with E-state index in [1.807, 2.05) is 6.92 Å². The molecule has 24 heavy (non-hydrogen) atoms. The summed E-state index contributed by atoms with van der Waals surface area (Å²) < 4.78 is 5.04. The number of rotatable bonds is 8. The van der Waals surface area contributed by atoms with E-state index in [0.29, 0.717) is 26.1 Å². The number of carbonyl (C=O) groups is 3. The molecule has 0 aliphatic carbocycles. The molecule has 7 nitrogen and oxygen atoms in total. The molecule has 0 aromatic carbocycles. The highest BCUT2D eigenvalue weighted by atomic mass is 32.1. The van der Waals surface area contributed by atoms with Crippen LogP contribution < -0.4 is 10.6 Å². The fourth-order valence-electron chi connectivity index (χ4n) is 2.38. The van der Waals surface area contributed by atoms with Crippen molar-refractivity contribution in [1.29, 1.82) is 0 Å². The van der Waals surface area contributed by atoms with Gasteiger partial charge in [-0.05, 0) is 25.1 Å². The Hall–Kier alpha value is -1.70. The number of hydrogen-bond acceptors (Lipinski definition) is 5. The van der Waals surface area contributed by atoms with Gasteiger partial charge >= 0.3 is 5.97 Å². The van der Waals surface area contributed by atoms with Gasteiger partial charge in [-0.2, -0.15) is 0 Å². The molecule has 1 aliphatic rings. The molecule has 0 radical (unpaired) electrons. The standard InChI is InChI=1S/C16H27N3O4S/c1-3-5-6-7-13(20)18-16(24)19-9-8-17-15(22)12(19)11-14(21)23-10-4-2/h12H,3-11H2,1-2H3,(H,17,22)(H,18,20,24). The van der Waals surface area contributed by atoms with Crippen molar-refractivity contribution in [2.45, 2.75) is 58.4 Å². The first-order chi connectivity index (χ1) is 11.5. The molecule has 1 aliphatic heterocycles. The number of nitrogens with zero attached hydrogens (tertiary/aromatic N) is 1. The molecular weight excluding hydrogens is 330 g/mol. The van der Waals surface area contributed by atoms with Crippen LogP contribution in [0.4, 0.5) is 0 Å². The highest BCUT2D eigenvalue weighted by molar-refractivity contribution is 7.80. The lowest BCUT2D eigenvalue weighted by Gasteiger charge is -2.36. The van der Waals surface area contributed by atoms with Crippen LogP contribution in [0.15, 0.2) is 0 Å². The van der Waals surface area contributed by atoms with Gasteiger partial charge in [0.25, 0.3) is 0 Å². The fraction of sp³-hybridized carbons (Fsp3) is 0.750. The number of nitrogens with one attached hydrogen (secondary N) is 2. The van der Waals surface area contributed by atoms with Crippen LogP contribution in [0.3, 0.4) is 0 Å². The van der Waals surface area contributed by atoms with Gasteiger partial charge in [-0.15, -0.1) is 0 Å². The SMILES string of the molecule is CCCCCC(=O)NC(=S)N1CCNC(=O)C1CC(=O)OCCC. The Bertz CT molecular complexity index is 470. The third kappa shape index (κ3) is 6.82. The van der Waals surface area contributed by atoms with Crippen LogP contribution in [0.25, 0.3) is 0 Å². The summed E-state index contributed by atoms with van der Waals surface area (Å²) in [4.78, 5) is 37.4. The molecule has 0 saturated carbocycles. The third-order valence-corrected chi connectivity index (χ3v) is 4.01. The Labute approximate surface area is 148 Å². The second-order valence-electron chi connectivity index (χ2n) is 5.74. The average molecular weight is 357 g/mol. The number of carbonyl (C=O) groups excluding carboxylic acids is 3. The van der Waals surface area contributed by atoms with Gasteiger partial charge in [-0.25, -0.2) is 0 Å². The number of esters is 1. The van der Waals surface area contributed by atoms with Crippen LogP contribution in [0.5, 0.6) is 0 Å². The van der Waals surface area contributed by atoms with Crippen molar-refractivity contribution in [2.24, 2.45) is 0 Å². The Morgan fingerprint density at radius 3 is 2.75 bits per heavy atom. The van der Waals surface area contributed by atoms with E-state index < -0.39 is 12.0 Å². The summed E-state index contributed by atoms with van der Waals surface area (Å²) in [5.41, 5.74) is 0. The third-order valence-electron chi connectivity index (χ3n) is 3.67. The van der Waals surface area contributed by atoms with Gasteiger partial charge in [0.2, 0.25) is 11.8 Å². The monoisotopic (exact) mass is 357 g/mol. The van der Waals surface area contributed by atoms with Gasteiger partial charge in [0, 0.05) is 19.5 Å². The van der Waals surface area contributed by atoms with Crippen molar-refractivity contribution >= 4 is 35.1 Å². The number of amides is 2. The summed E-state index contributed by atoms with van der Waals surface area (Å²) in [6.07, 6.45) is 3.86. The zero-order valence-corrected chi connectivity index (χ0v) is 15.2. The average Bonchev–Trinajstić information content (AvgIpc) is 2.54. The smallest absolute Gasteiger partial charge is 0.308 e. The van der Waals surface area contributed by atoms with Crippen molar-refractivity contribution in [3.63, 3.8) is 0 Å². The second-order valence-corrected chi connectivity index (χ2v) is 6.12. The minimum atomic E-state index is -0.744. The first-order valence-corrected chi connectivity index (χ1v) is 8.94. The predicted octanol–water partition coefficient (Wildman–Crippen LogP) is 1.11. The molecule has 2 amide bonds. The molecule has 2 N–H and O–H groups in total. The first-order valence-electron chi connectivity index (χ1n) is 8.53. The summed E-state index contributed by atoms with van der Waals surface area (Å²) in [5, 5.41) is 5.57. The molecule has 8 heteroatoms. The fourth-order valence-corrected chi connectivity index (χ4v) is 2.71. The molecule has 1 rings (SSSR count). The van der Waals surface area contributed by atoms with E-state index in [1.165, 1.54) is 0 Å². The molecule has 0 spiro atoms. The molecular formula is C16H27N3O4S. The van der Waals surface area contributed by atoms with Crippen LogP contribution >= 0.6 is 12.2 Å². The maximum Gasteiger partial charge on any atom is 0.308 e. The number of piperazine rings is 1. The van der Waals surface area contributed by atoms with Crippen LogP contribution in [0, 0.1) is 0 Å². The maximum atomic E-state index is 12.1. The summed E-state index contributed by atoms with van der Waals surface area (Å²) >= 11 is 5.26.